The number of nitrogens with one attached hydrogen (secondary N) is 2. The molecule has 2 heterocycles. The van der Waals surface area contributed by atoms with Gasteiger partial charge in [-0.2, -0.15) is 0 Å². The third-order valence-corrected chi connectivity index (χ3v) is 5.54. The molecule has 2 N–H and O–H groups in total. The van der Waals surface area contributed by atoms with Crippen molar-refractivity contribution in [2.75, 3.05) is 23.7 Å². The normalized spacial score (nSPS) is 19.8. The van der Waals surface area contributed by atoms with E-state index in [4.69, 9.17) is 0 Å². The van der Waals surface area contributed by atoms with E-state index in [1.165, 1.54) is 11.3 Å². The highest BCUT2D eigenvalue weighted by atomic mass is 32.1. The topological polar surface area (TPSA) is 74.3 Å². The van der Waals surface area contributed by atoms with E-state index in [1.54, 1.807) is 6.20 Å². The lowest BCUT2D eigenvalue weighted by atomic mass is 9.81. The Balaban J connectivity index is 1.53. The number of carbonyl (C=O) groups excluding carboxylic acids is 2. The fraction of sp³-hybridized carbons (Fsp3) is 0.421. The van der Waals surface area contributed by atoms with Gasteiger partial charge >= 0.3 is 6.03 Å². The molecular weight excluding hydrogens is 348 g/mol. The molecule has 1 saturated heterocycles. The van der Waals surface area contributed by atoms with Crippen molar-refractivity contribution in [3.63, 3.8) is 0 Å². The molecule has 1 aliphatic heterocycles. The summed E-state index contributed by atoms with van der Waals surface area (Å²) >= 11 is 1.42. The molecule has 1 fully saturated rings. The number of amides is 3. The third kappa shape index (κ3) is 4.82. The number of piperidine rings is 1. The molecule has 0 bridgehead atoms. The van der Waals surface area contributed by atoms with Gasteiger partial charge in [-0.3, -0.25) is 4.79 Å². The van der Waals surface area contributed by atoms with Gasteiger partial charge in [0, 0.05) is 36.8 Å². The number of rotatable bonds is 5. The summed E-state index contributed by atoms with van der Waals surface area (Å²) in [4.78, 5) is 30.7. The van der Waals surface area contributed by atoms with Crippen molar-refractivity contribution in [1.82, 2.24) is 9.88 Å². The summed E-state index contributed by atoms with van der Waals surface area (Å²) < 4.78 is 0. The number of anilines is 2. The molecule has 2 aromatic rings. The highest BCUT2D eigenvalue weighted by Gasteiger charge is 2.31. The van der Waals surface area contributed by atoms with Crippen molar-refractivity contribution in [1.29, 1.82) is 0 Å². The predicted molar refractivity (Wildman–Crippen MR) is 104 cm³/mol. The monoisotopic (exact) mass is 372 g/mol. The number of thiazole rings is 1. The second kappa shape index (κ2) is 8.80. The molecule has 0 unspecified atom stereocenters. The molecule has 1 aliphatic rings. The molecule has 6 nitrogen and oxygen atoms in total. The van der Waals surface area contributed by atoms with E-state index < -0.39 is 0 Å². The molecule has 3 rings (SSSR count). The Morgan fingerprint density at radius 2 is 2.04 bits per heavy atom. The van der Waals surface area contributed by atoms with Crippen molar-refractivity contribution in [2.45, 2.75) is 26.2 Å². The first-order chi connectivity index (χ1) is 12.7. The summed E-state index contributed by atoms with van der Waals surface area (Å²) in [5, 5.41) is 8.28. The van der Waals surface area contributed by atoms with Gasteiger partial charge in [0.05, 0.1) is 0 Å². The van der Waals surface area contributed by atoms with E-state index >= 15 is 0 Å². The average molecular weight is 372 g/mol. The van der Waals surface area contributed by atoms with Crippen molar-refractivity contribution in [2.24, 2.45) is 11.8 Å². The van der Waals surface area contributed by atoms with E-state index in [1.807, 2.05) is 40.6 Å². The summed E-state index contributed by atoms with van der Waals surface area (Å²) in [5.41, 5.74) is 0.801. The lowest BCUT2D eigenvalue weighted by Crippen LogP contribution is -2.46. The summed E-state index contributed by atoms with van der Waals surface area (Å²) in [6.07, 6.45) is 3.95. The highest BCUT2D eigenvalue weighted by molar-refractivity contribution is 7.13. The van der Waals surface area contributed by atoms with Crippen molar-refractivity contribution in [3.05, 3.63) is 41.9 Å². The maximum absolute atomic E-state index is 12.5. The summed E-state index contributed by atoms with van der Waals surface area (Å²) in [6.45, 7) is 3.48. The smallest absolute Gasteiger partial charge is 0.321 e. The third-order valence-electron chi connectivity index (χ3n) is 4.85. The number of benzene rings is 1. The Morgan fingerprint density at radius 3 is 2.73 bits per heavy atom. The van der Waals surface area contributed by atoms with Crippen LogP contribution in [0.4, 0.5) is 15.6 Å². The van der Waals surface area contributed by atoms with E-state index in [0.717, 1.165) is 18.5 Å². The van der Waals surface area contributed by atoms with Crippen LogP contribution in [0.1, 0.15) is 26.2 Å². The van der Waals surface area contributed by atoms with Crippen molar-refractivity contribution >= 4 is 34.1 Å². The molecule has 26 heavy (non-hydrogen) atoms. The van der Waals surface area contributed by atoms with Gasteiger partial charge in [0.2, 0.25) is 5.91 Å². The van der Waals surface area contributed by atoms with Crippen LogP contribution in [-0.4, -0.2) is 34.9 Å². The molecule has 0 saturated carbocycles. The van der Waals surface area contributed by atoms with E-state index in [9.17, 15) is 9.59 Å². The number of likely N-dealkylation sites (tertiary alicyclic amines) is 1. The Labute approximate surface area is 157 Å². The first-order valence-electron chi connectivity index (χ1n) is 8.96. The van der Waals surface area contributed by atoms with Crippen LogP contribution >= 0.6 is 11.3 Å². The molecular formula is C19H24N4O2S. The number of hydrogen-bond acceptors (Lipinski definition) is 4. The van der Waals surface area contributed by atoms with Gasteiger partial charge in [-0.25, -0.2) is 9.78 Å². The summed E-state index contributed by atoms with van der Waals surface area (Å²) in [6, 6.07) is 9.41. The molecule has 7 heteroatoms. The second-order valence-corrected chi connectivity index (χ2v) is 7.44. The number of carbonyl (C=O) groups is 2. The number of nitrogens with zero attached hydrogens (tertiary/aromatic N) is 2. The van der Waals surface area contributed by atoms with Crippen LogP contribution < -0.4 is 10.6 Å². The molecule has 0 radical (unpaired) electrons. The highest BCUT2D eigenvalue weighted by Crippen LogP contribution is 2.30. The zero-order valence-electron chi connectivity index (χ0n) is 14.9. The van der Waals surface area contributed by atoms with Gasteiger partial charge in [0.25, 0.3) is 0 Å². The molecule has 0 spiro atoms. The van der Waals surface area contributed by atoms with Crippen LogP contribution in [0.2, 0.25) is 0 Å². The number of hydrogen-bond donors (Lipinski definition) is 2. The number of aromatic nitrogens is 1. The van der Waals surface area contributed by atoms with Gasteiger partial charge in [-0.1, -0.05) is 31.5 Å². The molecule has 2 atom stereocenters. The molecule has 3 amide bonds. The number of para-hydroxylation sites is 1. The minimum Gasteiger partial charge on any atom is -0.324 e. The van der Waals surface area contributed by atoms with Crippen LogP contribution in [0, 0.1) is 11.8 Å². The largest absolute Gasteiger partial charge is 0.324 e. The summed E-state index contributed by atoms with van der Waals surface area (Å²) in [7, 11) is 0. The fourth-order valence-corrected chi connectivity index (χ4v) is 3.96. The molecule has 1 aromatic carbocycles. The minimum atomic E-state index is -0.0691. The lowest BCUT2D eigenvalue weighted by molar-refractivity contribution is -0.117. The minimum absolute atomic E-state index is 0.00517. The molecule has 1 aromatic heterocycles. The van der Waals surface area contributed by atoms with Gasteiger partial charge < -0.3 is 15.5 Å². The second-order valence-electron chi connectivity index (χ2n) is 6.55. The average Bonchev–Trinajstić information content (AvgIpc) is 3.15. The van der Waals surface area contributed by atoms with E-state index in [-0.39, 0.29) is 11.9 Å². The SMILES string of the molecule is CC[C@@H]1CN(C(=O)Nc2ccccc2)CC[C@H]1CC(=O)Nc1nccs1. The quantitative estimate of drug-likeness (QED) is 0.831. The first kappa shape index (κ1) is 18.4. The van der Waals surface area contributed by atoms with E-state index in [2.05, 4.69) is 22.5 Å². The Bertz CT molecular complexity index is 720. The van der Waals surface area contributed by atoms with Crippen LogP contribution in [0.5, 0.6) is 0 Å². The lowest BCUT2D eigenvalue weighted by Gasteiger charge is -2.38. The first-order valence-corrected chi connectivity index (χ1v) is 9.84. The number of urea groups is 1. The van der Waals surface area contributed by atoms with Crippen molar-refractivity contribution < 1.29 is 9.59 Å². The predicted octanol–water partition coefficient (Wildman–Crippen LogP) is 4.05. The Hall–Kier alpha value is -2.41. The molecule has 138 valence electrons. The van der Waals surface area contributed by atoms with Crippen molar-refractivity contribution in [3.8, 4) is 0 Å². The van der Waals surface area contributed by atoms with Gasteiger partial charge in [0.1, 0.15) is 0 Å². The summed E-state index contributed by atoms with van der Waals surface area (Å²) in [5.74, 6) is 0.624. The van der Waals surface area contributed by atoms with E-state index in [0.29, 0.717) is 36.5 Å². The standard InChI is InChI=1S/C19H24N4O2S/c1-2-14-13-23(19(25)21-16-6-4-3-5-7-16)10-8-15(14)12-17(24)22-18-20-9-11-26-18/h3-7,9,11,14-15H,2,8,10,12-13H2,1H3,(H,21,25)(H,20,22,24)/t14-,15+/m1/s1. The van der Waals surface area contributed by atoms with Crippen LogP contribution in [-0.2, 0) is 4.79 Å². The van der Waals surface area contributed by atoms with Crippen LogP contribution in [0.3, 0.4) is 0 Å². The zero-order chi connectivity index (χ0) is 18.4. The zero-order valence-corrected chi connectivity index (χ0v) is 15.7. The maximum Gasteiger partial charge on any atom is 0.321 e. The van der Waals surface area contributed by atoms with Gasteiger partial charge in [-0.05, 0) is 30.4 Å². The van der Waals surface area contributed by atoms with Gasteiger partial charge in [0.15, 0.2) is 5.13 Å². The Morgan fingerprint density at radius 1 is 1.23 bits per heavy atom. The maximum atomic E-state index is 12.5. The van der Waals surface area contributed by atoms with Crippen LogP contribution in [0.15, 0.2) is 41.9 Å². The Kier molecular flexibility index (Phi) is 6.22. The van der Waals surface area contributed by atoms with Gasteiger partial charge in [-0.15, -0.1) is 11.3 Å². The van der Waals surface area contributed by atoms with Crippen LogP contribution in [0.25, 0.3) is 0 Å². The molecule has 0 aliphatic carbocycles. The fourth-order valence-electron chi connectivity index (χ4n) is 3.41.